The molecule has 0 saturated heterocycles. The number of aliphatic hydroxyl groups is 1. The van der Waals surface area contributed by atoms with Crippen LogP contribution < -0.4 is 5.32 Å². The third-order valence-electron chi connectivity index (χ3n) is 2.66. The average molecular weight is 258 g/mol. The van der Waals surface area contributed by atoms with E-state index in [9.17, 15) is 9.90 Å². The molecule has 0 aliphatic carbocycles. The summed E-state index contributed by atoms with van der Waals surface area (Å²) in [7, 11) is 0. The van der Waals surface area contributed by atoms with Gasteiger partial charge >= 0.3 is 5.97 Å². The SMILES string of the molecule is Cc1ccc(C(=O)O)c(NCC(O)CCl)c1C. The lowest BCUT2D eigenvalue weighted by molar-refractivity contribution is 0.0697. The maximum absolute atomic E-state index is 11.1. The summed E-state index contributed by atoms with van der Waals surface area (Å²) in [5.74, 6) is -0.878. The predicted octanol–water partition coefficient (Wildman–Crippen LogP) is 2.01. The molecule has 0 aromatic heterocycles. The van der Waals surface area contributed by atoms with Crippen LogP contribution in [0.2, 0.25) is 0 Å². The Morgan fingerprint density at radius 3 is 2.65 bits per heavy atom. The zero-order valence-electron chi connectivity index (χ0n) is 9.83. The van der Waals surface area contributed by atoms with Crippen LogP contribution in [0.5, 0.6) is 0 Å². The lowest BCUT2D eigenvalue weighted by Crippen LogP contribution is -2.22. The highest BCUT2D eigenvalue weighted by molar-refractivity contribution is 6.18. The van der Waals surface area contributed by atoms with Gasteiger partial charge < -0.3 is 15.5 Å². The molecule has 0 radical (unpaired) electrons. The summed E-state index contributed by atoms with van der Waals surface area (Å²) in [6, 6.07) is 3.32. The van der Waals surface area contributed by atoms with E-state index in [0.29, 0.717) is 5.69 Å². The minimum Gasteiger partial charge on any atom is -0.478 e. The molecule has 4 nitrogen and oxygen atoms in total. The number of halogens is 1. The third-order valence-corrected chi connectivity index (χ3v) is 3.02. The van der Waals surface area contributed by atoms with E-state index in [1.165, 1.54) is 0 Å². The van der Waals surface area contributed by atoms with E-state index in [1.807, 2.05) is 13.8 Å². The van der Waals surface area contributed by atoms with Crippen molar-refractivity contribution in [3.63, 3.8) is 0 Å². The molecular weight excluding hydrogens is 242 g/mol. The fourth-order valence-electron chi connectivity index (χ4n) is 1.50. The number of aryl methyl sites for hydroxylation is 1. The standard InChI is InChI=1S/C12H16ClNO3/c1-7-3-4-10(12(16)17)11(8(7)2)14-6-9(15)5-13/h3-4,9,14-15H,5-6H2,1-2H3,(H,16,17). The molecule has 1 aromatic carbocycles. The smallest absolute Gasteiger partial charge is 0.337 e. The number of aliphatic hydroxyl groups excluding tert-OH is 1. The van der Waals surface area contributed by atoms with Gasteiger partial charge in [-0.15, -0.1) is 11.6 Å². The van der Waals surface area contributed by atoms with E-state index >= 15 is 0 Å². The Kier molecular flexibility index (Phi) is 4.78. The number of nitrogens with one attached hydrogen (secondary N) is 1. The van der Waals surface area contributed by atoms with Crippen LogP contribution in [-0.4, -0.2) is 34.7 Å². The molecule has 0 aliphatic heterocycles. The number of benzene rings is 1. The average Bonchev–Trinajstić information content (AvgIpc) is 2.30. The molecule has 5 heteroatoms. The van der Waals surface area contributed by atoms with Crippen LogP contribution in [0.1, 0.15) is 21.5 Å². The first-order valence-corrected chi connectivity index (χ1v) is 5.82. The fourth-order valence-corrected chi connectivity index (χ4v) is 1.61. The summed E-state index contributed by atoms with van der Waals surface area (Å²) in [6.45, 7) is 3.98. The van der Waals surface area contributed by atoms with Crippen LogP contribution in [0.25, 0.3) is 0 Å². The molecule has 3 N–H and O–H groups in total. The molecule has 1 rings (SSSR count). The van der Waals surface area contributed by atoms with Crippen LogP contribution in [-0.2, 0) is 0 Å². The van der Waals surface area contributed by atoms with Crippen molar-refractivity contribution in [3.8, 4) is 0 Å². The normalized spacial score (nSPS) is 12.2. The van der Waals surface area contributed by atoms with E-state index < -0.39 is 12.1 Å². The number of alkyl halides is 1. The van der Waals surface area contributed by atoms with Crippen molar-refractivity contribution in [1.29, 1.82) is 0 Å². The maximum atomic E-state index is 11.1. The molecule has 1 aromatic rings. The Hall–Kier alpha value is -1.26. The molecule has 0 aliphatic rings. The zero-order chi connectivity index (χ0) is 13.0. The van der Waals surface area contributed by atoms with Crippen LogP contribution >= 0.6 is 11.6 Å². The molecule has 17 heavy (non-hydrogen) atoms. The zero-order valence-corrected chi connectivity index (χ0v) is 10.6. The molecule has 94 valence electrons. The van der Waals surface area contributed by atoms with Crippen molar-refractivity contribution in [2.75, 3.05) is 17.7 Å². The number of hydrogen-bond acceptors (Lipinski definition) is 3. The van der Waals surface area contributed by atoms with Gasteiger partial charge in [0.2, 0.25) is 0 Å². The number of aromatic carboxylic acids is 1. The predicted molar refractivity (Wildman–Crippen MR) is 68.1 cm³/mol. The Labute approximate surface area is 105 Å². The van der Waals surface area contributed by atoms with Gasteiger partial charge in [-0.3, -0.25) is 0 Å². The first-order valence-electron chi connectivity index (χ1n) is 5.28. The summed E-state index contributed by atoms with van der Waals surface area (Å²) >= 11 is 5.49. The molecule has 0 fully saturated rings. The molecule has 1 unspecified atom stereocenters. The lowest BCUT2D eigenvalue weighted by atomic mass is 10.0. The highest BCUT2D eigenvalue weighted by Gasteiger charge is 2.14. The monoisotopic (exact) mass is 257 g/mol. The second kappa shape index (κ2) is 5.89. The van der Waals surface area contributed by atoms with Gasteiger partial charge in [-0.25, -0.2) is 4.79 Å². The first kappa shape index (κ1) is 13.8. The maximum Gasteiger partial charge on any atom is 0.337 e. The van der Waals surface area contributed by atoms with E-state index in [0.717, 1.165) is 11.1 Å². The Morgan fingerprint density at radius 1 is 1.47 bits per heavy atom. The van der Waals surface area contributed by atoms with E-state index in [2.05, 4.69) is 5.32 Å². The molecule has 0 saturated carbocycles. The van der Waals surface area contributed by atoms with Crippen LogP contribution in [0.15, 0.2) is 12.1 Å². The fraction of sp³-hybridized carbons (Fsp3) is 0.417. The van der Waals surface area contributed by atoms with Gasteiger partial charge in [-0.2, -0.15) is 0 Å². The van der Waals surface area contributed by atoms with Crippen molar-refractivity contribution in [1.82, 2.24) is 0 Å². The summed E-state index contributed by atoms with van der Waals surface area (Å²) < 4.78 is 0. The largest absolute Gasteiger partial charge is 0.478 e. The summed E-state index contributed by atoms with van der Waals surface area (Å²) in [4.78, 5) is 11.1. The van der Waals surface area contributed by atoms with Crippen molar-refractivity contribution >= 4 is 23.3 Å². The lowest BCUT2D eigenvalue weighted by Gasteiger charge is -2.16. The minimum atomic E-state index is -0.990. The van der Waals surface area contributed by atoms with E-state index in [1.54, 1.807) is 12.1 Å². The Bertz CT molecular complexity index is 420. The molecule has 0 spiro atoms. The molecule has 1 atom stereocenters. The van der Waals surface area contributed by atoms with Crippen LogP contribution in [0.3, 0.4) is 0 Å². The van der Waals surface area contributed by atoms with E-state index in [4.69, 9.17) is 16.7 Å². The van der Waals surface area contributed by atoms with Crippen LogP contribution in [0.4, 0.5) is 5.69 Å². The Balaban J connectivity index is 3.02. The topological polar surface area (TPSA) is 69.6 Å². The van der Waals surface area contributed by atoms with Gasteiger partial charge in [0.15, 0.2) is 0 Å². The second-order valence-corrected chi connectivity index (χ2v) is 4.23. The second-order valence-electron chi connectivity index (χ2n) is 3.92. The highest BCUT2D eigenvalue weighted by atomic mass is 35.5. The van der Waals surface area contributed by atoms with Crippen molar-refractivity contribution in [2.24, 2.45) is 0 Å². The number of rotatable bonds is 5. The van der Waals surface area contributed by atoms with Crippen molar-refractivity contribution in [2.45, 2.75) is 20.0 Å². The molecule has 0 heterocycles. The first-order chi connectivity index (χ1) is 7.97. The van der Waals surface area contributed by atoms with Gasteiger partial charge in [-0.05, 0) is 31.0 Å². The van der Waals surface area contributed by atoms with Gasteiger partial charge in [0, 0.05) is 6.54 Å². The van der Waals surface area contributed by atoms with E-state index in [-0.39, 0.29) is 18.0 Å². The van der Waals surface area contributed by atoms with Crippen LogP contribution in [0, 0.1) is 13.8 Å². The number of hydrogen-bond donors (Lipinski definition) is 3. The number of carboxylic acids is 1. The molecular formula is C12H16ClNO3. The molecule has 0 bridgehead atoms. The Morgan fingerprint density at radius 2 is 2.12 bits per heavy atom. The number of anilines is 1. The van der Waals surface area contributed by atoms with Gasteiger partial charge in [0.1, 0.15) is 0 Å². The summed E-state index contributed by atoms with van der Waals surface area (Å²) in [5.41, 5.74) is 2.61. The van der Waals surface area contributed by atoms with Gasteiger partial charge in [-0.1, -0.05) is 6.07 Å². The quantitative estimate of drug-likeness (QED) is 0.706. The number of carbonyl (C=O) groups is 1. The van der Waals surface area contributed by atoms with Crippen molar-refractivity contribution in [3.05, 3.63) is 28.8 Å². The van der Waals surface area contributed by atoms with Crippen molar-refractivity contribution < 1.29 is 15.0 Å². The highest BCUT2D eigenvalue weighted by Crippen LogP contribution is 2.23. The number of carboxylic acid groups (broad SMARTS) is 1. The summed E-state index contributed by atoms with van der Waals surface area (Å²) in [6.07, 6.45) is -0.696. The minimum absolute atomic E-state index is 0.111. The van der Waals surface area contributed by atoms with Gasteiger partial charge in [0.25, 0.3) is 0 Å². The third kappa shape index (κ3) is 3.35. The molecule has 0 amide bonds. The van der Waals surface area contributed by atoms with Gasteiger partial charge in [0.05, 0.1) is 23.2 Å². The summed E-state index contributed by atoms with van der Waals surface area (Å²) in [5, 5.41) is 21.4.